The summed E-state index contributed by atoms with van der Waals surface area (Å²) in [7, 11) is 0. The van der Waals surface area contributed by atoms with Crippen LogP contribution in [0.1, 0.15) is 21.5 Å². The minimum Gasteiger partial charge on any atom is -0.508 e. The molecule has 1 fully saturated rings. The summed E-state index contributed by atoms with van der Waals surface area (Å²) in [5.74, 6) is -0.306. The lowest BCUT2D eigenvalue weighted by atomic mass is 10.1. The predicted octanol–water partition coefficient (Wildman–Crippen LogP) is 3.18. The van der Waals surface area contributed by atoms with Crippen LogP contribution in [0.25, 0.3) is 0 Å². The van der Waals surface area contributed by atoms with Crippen LogP contribution in [-0.4, -0.2) is 54.4 Å². The lowest BCUT2D eigenvalue weighted by molar-refractivity contribution is -0.137. The number of halogens is 3. The lowest BCUT2D eigenvalue weighted by Gasteiger charge is -2.32. The maximum atomic E-state index is 12.8. The van der Waals surface area contributed by atoms with Gasteiger partial charge in [-0.25, -0.2) is 4.79 Å². The highest BCUT2D eigenvalue weighted by molar-refractivity contribution is 5.94. The van der Waals surface area contributed by atoms with Crippen molar-refractivity contribution in [1.82, 2.24) is 10.2 Å². The van der Waals surface area contributed by atoms with Crippen LogP contribution in [0.5, 0.6) is 5.75 Å². The zero-order valence-corrected chi connectivity index (χ0v) is 16.4. The van der Waals surface area contributed by atoms with Gasteiger partial charge in [0.15, 0.2) is 0 Å². The van der Waals surface area contributed by atoms with Crippen LogP contribution in [0.2, 0.25) is 0 Å². The number of carbonyl (C=O) groups excluding carboxylic acids is 2. The highest BCUT2D eigenvalue weighted by Crippen LogP contribution is 2.29. The number of alkyl halides is 3. The van der Waals surface area contributed by atoms with E-state index in [2.05, 4.69) is 5.32 Å². The molecule has 2 aromatic carbocycles. The van der Waals surface area contributed by atoms with Crippen LogP contribution in [0.4, 0.5) is 18.0 Å². The van der Waals surface area contributed by atoms with Gasteiger partial charge in [0, 0.05) is 18.7 Å². The molecule has 0 aromatic heterocycles. The van der Waals surface area contributed by atoms with E-state index >= 15 is 0 Å². The third kappa shape index (κ3) is 6.35. The molecule has 166 valence electrons. The number of rotatable bonds is 5. The Morgan fingerprint density at radius 2 is 1.94 bits per heavy atom. The molecule has 31 heavy (non-hydrogen) atoms. The summed E-state index contributed by atoms with van der Waals surface area (Å²) in [6.45, 7) is 0.527. The number of benzene rings is 2. The van der Waals surface area contributed by atoms with Crippen molar-refractivity contribution in [3.8, 4) is 5.75 Å². The number of amides is 2. The molecule has 1 atom stereocenters. The van der Waals surface area contributed by atoms with Gasteiger partial charge in [-0.1, -0.05) is 12.1 Å². The molecule has 0 spiro atoms. The maximum absolute atomic E-state index is 12.8. The molecule has 0 unspecified atom stereocenters. The Bertz CT molecular complexity index is 918. The first-order valence-electron chi connectivity index (χ1n) is 9.49. The van der Waals surface area contributed by atoms with Crippen LogP contribution in [0.3, 0.4) is 0 Å². The number of phenols is 1. The number of aromatic hydroxyl groups is 1. The summed E-state index contributed by atoms with van der Waals surface area (Å²) in [5.41, 5.74) is -0.211. The van der Waals surface area contributed by atoms with Crippen molar-refractivity contribution in [3.05, 3.63) is 65.2 Å². The minimum absolute atomic E-state index is 0.0476. The van der Waals surface area contributed by atoms with Crippen LogP contribution in [-0.2, 0) is 22.3 Å². The normalized spacial score (nSPS) is 16.6. The molecule has 1 heterocycles. The van der Waals surface area contributed by atoms with Gasteiger partial charge in [-0.3, -0.25) is 4.79 Å². The van der Waals surface area contributed by atoms with Crippen molar-refractivity contribution in [3.63, 3.8) is 0 Å². The Kier molecular flexibility index (Phi) is 7.01. The van der Waals surface area contributed by atoms with Crippen LogP contribution in [0.15, 0.2) is 48.5 Å². The van der Waals surface area contributed by atoms with Crippen LogP contribution < -0.4 is 5.32 Å². The van der Waals surface area contributed by atoms with E-state index in [1.165, 1.54) is 41.3 Å². The third-order valence-corrected chi connectivity index (χ3v) is 4.63. The highest BCUT2D eigenvalue weighted by Gasteiger charge is 2.30. The van der Waals surface area contributed by atoms with E-state index in [4.69, 9.17) is 9.47 Å². The van der Waals surface area contributed by atoms with E-state index in [0.717, 1.165) is 12.1 Å². The Morgan fingerprint density at radius 3 is 2.65 bits per heavy atom. The number of hydrogen-bond donors (Lipinski definition) is 2. The van der Waals surface area contributed by atoms with Crippen molar-refractivity contribution >= 4 is 12.0 Å². The molecule has 3 rings (SSSR count). The van der Waals surface area contributed by atoms with Gasteiger partial charge in [0.05, 0.1) is 24.8 Å². The number of phenolic OH excluding ortho intramolecular Hbond substituents is 1. The second kappa shape index (κ2) is 9.69. The molecular weight excluding hydrogens is 417 g/mol. The Hall–Kier alpha value is -3.27. The SMILES string of the molecule is O=C(NC[C@@H]1CN(C(=O)OCc2cccc(C(F)(F)F)c2)CCO1)c1ccc(O)cc1. The minimum atomic E-state index is -4.47. The van der Waals surface area contributed by atoms with Crippen molar-refractivity contribution in [1.29, 1.82) is 0 Å². The average molecular weight is 438 g/mol. The molecule has 1 aliphatic rings. The largest absolute Gasteiger partial charge is 0.508 e. The quantitative estimate of drug-likeness (QED) is 0.749. The first-order chi connectivity index (χ1) is 14.7. The molecule has 0 aliphatic carbocycles. The van der Waals surface area contributed by atoms with E-state index in [1.54, 1.807) is 0 Å². The van der Waals surface area contributed by atoms with E-state index in [0.29, 0.717) is 5.56 Å². The number of nitrogens with zero attached hydrogens (tertiary/aromatic N) is 1. The van der Waals surface area contributed by atoms with Gasteiger partial charge < -0.3 is 24.8 Å². The molecule has 7 nitrogen and oxygen atoms in total. The summed E-state index contributed by atoms with van der Waals surface area (Å²) in [6, 6.07) is 10.3. The molecule has 10 heteroatoms. The second-order valence-corrected chi connectivity index (χ2v) is 6.95. The zero-order chi connectivity index (χ0) is 22.4. The van der Waals surface area contributed by atoms with Crippen LogP contribution >= 0.6 is 0 Å². The lowest BCUT2D eigenvalue weighted by Crippen LogP contribution is -2.49. The van der Waals surface area contributed by atoms with Gasteiger partial charge in [-0.2, -0.15) is 13.2 Å². The van der Waals surface area contributed by atoms with Gasteiger partial charge in [-0.05, 0) is 42.0 Å². The molecule has 2 N–H and O–H groups in total. The number of hydrogen-bond acceptors (Lipinski definition) is 5. The monoisotopic (exact) mass is 438 g/mol. The Labute approximate surface area is 176 Å². The van der Waals surface area contributed by atoms with E-state index in [9.17, 15) is 27.9 Å². The van der Waals surface area contributed by atoms with Crippen molar-refractivity contribution < 1.29 is 37.3 Å². The summed E-state index contributed by atoms with van der Waals surface area (Å²) in [6.07, 6.45) is -5.60. The smallest absolute Gasteiger partial charge is 0.416 e. The first-order valence-corrected chi connectivity index (χ1v) is 9.49. The van der Waals surface area contributed by atoms with E-state index in [1.807, 2.05) is 0 Å². The fourth-order valence-corrected chi connectivity index (χ4v) is 3.00. The van der Waals surface area contributed by atoms with Gasteiger partial charge in [0.1, 0.15) is 12.4 Å². The van der Waals surface area contributed by atoms with Crippen molar-refractivity contribution in [2.24, 2.45) is 0 Å². The molecule has 0 saturated carbocycles. The van der Waals surface area contributed by atoms with Crippen molar-refractivity contribution in [2.45, 2.75) is 18.9 Å². The molecule has 2 aromatic rings. The predicted molar refractivity (Wildman–Crippen MR) is 103 cm³/mol. The van der Waals surface area contributed by atoms with Gasteiger partial charge >= 0.3 is 12.3 Å². The molecule has 1 aliphatic heterocycles. The summed E-state index contributed by atoms with van der Waals surface area (Å²) >= 11 is 0. The molecule has 0 bridgehead atoms. The van der Waals surface area contributed by atoms with Gasteiger partial charge in [-0.15, -0.1) is 0 Å². The fourth-order valence-electron chi connectivity index (χ4n) is 3.00. The van der Waals surface area contributed by atoms with Crippen LogP contribution in [0, 0.1) is 0 Å². The first kappa shape index (κ1) is 22.4. The molecular formula is C21H21F3N2O5. The number of carbonyl (C=O) groups is 2. The topological polar surface area (TPSA) is 88.1 Å². The zero-order valence-electron chi connectivity index (χ0n) is 16.4. The Balaban J connectivity index is 1.48. The van der Waals surface area contributed by atoms with Gasteiger partial charge in [0.2, 0.25) is 0 Å². The van der Waals surface area contributed by atoms with E-state index < -0.39 is 23.9 Å². The Morgan fingerprint density at radius 1 is 1.19 bits per heavy atom. The number of nitrogens with one attached hydrogen (secondary N) is 1. The third-order valence-electron chi connectivity index (χ3n) is 4.63. The highest BCUT2D eigenvalue weighted by atomic mass is 19.4. The number of morpholine rings is 1. The average Bonchev–Trinajstić information content (AvgIpc) is 2.76. The summed E-state index contributed by atoms with van der Waals surface area (Å²) in [5, 5.41) is 12.0. The fraction of sp³-hybridized carbons (Fsp3) is 0.333. The van der Waals surface area contributed by atoms with Gasteiger partial charge in [0.25, 0.3) is 5.91 Å². The summed E-state index contributed by atoms with van der Waals surface area (Å²) in [4.78, 5) is 25.8. The van der Waals surface area contributed by atoms with E-state index in [-0.39, 0.29) is 50.1 Å². The maximum Gasteiger partial charge on any atom is 0.416 e. The second-order valence-electron chi connectivity index (χ2n) is 6.95. The standard InChI is InChI=1S/C21H21F3N2O5/c22-21(23,24)16-3-1-2-14(10-16)13-31-20(29)26-8-9-30-18(12-26)11-25-19(28)15-4-6-17(27)7-5-15/h1-7,10,18,27H,8-9,11-13H2,(H,25,28)/t18-/m1/s1. The molecule has 1 saturated heterocycles. The van der Waals surface area contributed by atoms with Crippen molar-refractivity contribution in [2.75, 3.05) is 26.2 Å². The summed E-state index contributed by atoms with van der Waals surface area (Å²) < 4.78 is 49.0. The molecule has 2 amide bonds. The number of ether oxygens (including phenoxy) is 2. The molecule has 0 radical (unpaired) electrons.